The van der Waals surface area contributed by atoms with Gasteiger partial charge in [-0.1, -0.05) is 0 Å². The Morgan fingerprint density at radius 3 is 2.67 bits per heavy atom. The third kappa shape index (κ3) is 4.68. The molecule has 0 unspecified atom stereocenters. The number of rotatable bonds is 8. The highest BCUT2D eigenvalue weighted by molar-refractivity contribution is 5.90. The minimum absolute atomic E-state index is 0.0532. The lowest BCUT2D eigenvalue weighted by Crippen LogP contribution is -2.12. The van der Waals surface area contributed by atoms with E-state index in [9.17, 15) is 4.79 Å². The van der Waals surface area contributed by atoms with Crippen LogP contribution in [0.3, 0.4) is 0 Å². The van der Waals surface area contributed by atoms with Crippen LogP contribution in [0, 0.1) is 6.92 Å². The summed E-state index contributed by atoms with van der Waals surface area (Å²) in [6.45, 7) is 3.38. The van der Waals surface area contributed by atoms with E-state index in [0.717, 1.165) is 0 Å². The van der Waals surface area contributed by atoms with E-state index in [0.29, 0.717) is 25.5 Å². The molecule has 0 atom stereocenters. The van der Waals surface area contributed by atoms with E-state index in [4.69, 9.17) is 19.3 Å². The van der Waals surface area contributed by atoms with Crippen LogP contribution in [0.25, 0.3) is 0 Å². The molecular formula is C12H17NO5. The first kappa shape index (κ1) is 14.4. The molecular weight excluding hydrogens is 238 g/mol. The first-order chi connectivity index (χ1) is 8.65. The first-order valence-electron chi connectivity index (χ1n) is 5.55. The number of aromatic carboxylic acids is 1. The van der Waals surface area contributed by atoms with E-state index in [1.165, 1.54) is 6.07 Å². The second-order valence-electron chi connectivity index (χ2n) is 3.56. The highest BCUT2D eigenvalue weighted by atomic mass is 16.5. The highest BCUT2D eigenvalue weighted by Crippen LogP contribution is 2.15. The SMILES string of the molecule is COCCOCCOc1nc(C)ccc1C(=O)O. The zero-order valence-electron chi connectivity index (χ0n) is 10.5. The molecule has 100 valence electrons. The molecule has 6 nitrogen and oxygen atoms in total. The number of nitrogens with zero attached hydrogens (tertiary/aromatic N) is 1. The molecule has 0 aliphatic carbocycles. The lowest BCUT2D eigenvalue weighted by Gasteiger charge is -2.09. The Morgan fingerprint density at radius 2 is 2.00 bits per heavy atom. The van der Waals surface area contributed by atoms with Crippen LogP contribution < -0.4 is 4.74 Å². The number of hydrogen-bond acceptors (Lipinski definition) is 5. The molecule has 0 bridgehead atoms. The Kier molecular flexibility index (Phi) is 6.10. The molecule has 1 aromatic heterocycles. The summed E-state index contributed by atoms with van der Waals surface area (Å²) < 4.78 is 15.3. The number of carboxylic acid groups (broad SMARTS) is 1. The quantitative estimate of drug-likeness (QED) is 0.702. The first-order valence-corrected chi connectivity index (χ1v) is 5.55. The molecule has 1 rings (SSSR count). The second kappa shape index (κ2) is 7.62. The monoisotopic (exact) mass is 255 g/mol. The fourth-order valence-electron chi connectivity index (χ4n) is 1.25. The van der Waals surface area contributed by atoms with Crippen molar-refractivity contribution in [3.05, 3.63) is 23.4 Å². The average molecular weight is 255 g/mol. The molecule has 0 aliphatic heterocycles. The summed E-state index contributed by atoms with van der Waals surface area (Å²) in [6, 6.07) is 3.11. The van der Waals surface area contributed by atoms with Crippen LogP contribution in [0.1, 0.15) is 16.1 Å². The summed E-state index contributed by atoms with van der Waals surface area (Å²) in [7, 11) is 1.59. The van der Waals surface area contributed by atoms with E-state index in [-0.39, 0.29) is 18.1 Å². The number of methoxy groups -OCH3 is 1. The molecule has 1 N–H and O–H groups in total. The van der Waals surface area contributed by atoms with Crippen LogP contribution in [0.4, 0.5) is 0 Å². The fraction of sp³-hybridized carbons (Fsp3) is 0.500. The van der Waals surface area contributed by atoms with Crippen LogP contribution in [0.15, 0.2) is 12.1 Å². The fourth-order valence-corrected chi connectivity index (χ4v) is 1.25. The molecule has 0 radical (unpaired) electrons. The average Bonchev–Trinajstić information content (AvgIpc) is 2.33. The molecule has 1 heterocycles. The zero-order chi connectivity index (χ0) is 13.4. The van der Waals surface area contributed by atoms with Crippen LogP contribution >= 0.6 is 0 Å². The predicted molar refractivity (Wildman–Crippen MR) is 64.1 cm³/mol. The molecule has 0 aliphatic rings. The van der Waals surface area contributed by atoms with Crippen LogP contribution in [0.5, 0.6) is 5.88 Å². The molecule has 6 heteroatoms. The number of pyridine rings is 1. The summed E-state index contributed by atoms with van der Waals surface area (Å²) in [5.74, 6) is -0.935. The molecule has 0 aromatic carbocycles. The standard InChI is InChI=1S/C12H17NO5/c1-9-3-4-10(12(14)15)11(13-9)18-8-7-17-6-5-16-2/h3-4H,5-8H2,1-2H3,(H,14,15). The van der Waals surface area contributed by atoms with Crippen molar-refractivity contribution in [1.29, 1.82) is 0 Å². The van der Waals surface area contributed by atoms with Crippen molar-refractivity contribution in [2.75, 3.05) is 33.5 Å². The molecule has 0 amide bonds. The van der Waals surface area contributed by atoms with Gasteiger partial charge in [0.2, 0.25) is 5.88 Å². The van der Waals surface area contributed by atoms with Gasteiger partial charge in [-0.2, -0.15) is 0 Å². The number of carboxylic acids is 1. The van der Waals surface area contributed by atoms with Crippen LogP contribution in [-0.2, 0) is 9.47 Å². The number of hydrogen-bond donors (Lipinski definition) is 1. The zero-order valence-corrected chi connectivity index (χ0v) is 10.5. The maximum Gasteiger partial charge on any atom is 0.341 e. The number of aromatic nitrogens is 1. The molecule has 0 fully saturated rings. The Labute approximate surface area is 106 Å². The van der Waals surface area contributed by atoms with Crippen molar-refractivity contribution in [3.63, 3.8) is 0 Å². The molecule has 1 aromatic rings. The Bertz CT molecular complexity index is 394. The minimum atomic E-state index is -1.06. The van der Waals surface area contributed by atoms with Gasteiger partial charge in [-0.05, 0) is 19.1 Å². The van der Waals surface area contributed by atoms with Crippen LogP contribution in [0.2, 0.25) is 0 Å². The van der Waals surface area contributed by atoms with Crippen molar-refractivity contribution in [3.8, 4) is 5.88 Å². The highest BCUT2D eigenvalue weighted by Gasteiger charge is 2.12. The third-order valence-electron chi connectivity index (χ3n) is 2.13. The summed E-state index contributed by atoms with van der Waals surface area (Å²) in [6.07, 6.45) is 0. The molecule has 0 spiro atoms. The summed E-state index contributed by atoms with van der Waals surface area (Å²) in [4.78, 5) is 15.0. The second-order valence-corrected chi connectivity index (χ2v) is 3.56. The van der Waals surface area contributed by atoms with Crippen molar-refractivity contribution in [1.82, 2.24) is 4.98 Å². The van der Waals surface area contributed by atoms with Gasteiger partial charge in [0, 0.05) is 12.8 Å². The number of ether oxygens (including phenoxy) is 3. The minimum Gasteiger partial charge on any atom is -0.477 e. The van der Waals surface area contributed by atoms with Crippen molar-refractivity contribution in [2.45, 2.75) is 6.92 Å². The van der Waals surface area contributed by atoms with Crippen molar-refractivity contribution < 1.29 is 24.1 Å². The maximum atomic E-state index is 10.9. The van der Waals surface area contributed by atoms with Gasteiger partial charge in [-0.15, -0.1) is 0 Å². The Hall–Kier alpha value is -1.66. The Morgan fingerprint density at radius 1 is 1.28 bits per heavy atom. The van der Waals surface area contributed by atoms with E-state index in [2.05, 4.69) is 4.98 Å². The van der Waals surface area contributed by atoms with Gasteiger partial charge >= 0.3 is 5.97 Å². The summed E-state index contributed by atoms with van der Waals surface area (Å²) in [5, 5.41) is 8.96. The van der Waals surface area contributed by atoms with Gasteiger partial charge in [0.25, 0.3) is 0 Å². The normalized spacial score (nSPS) is 10.3. The Balaban J connectivity index is 2.45. The van der Waals surface area contributed by atoms with Crippen molar-refractivity contribution in [2.24, 2.45) is 0 Å². The van der Waals surface area contributed by atoms with Gasteiger partial charge < -0.3 is 19.3 Å². The van der Waals surface area contributed by atoms with Gasteiger partial charge in [-0.3, -0.25) is 0 Å². The van der Waals surface area contributed by atoms with Gasteiger partial charge in [0.1, 0.15) is 12.2 Å². The van der Waals surface area contributed by atoms with E-state index in [1.807, 2.05) is 0 Å². The van der Waals surface area contributed by atoms with E-state index < -0.39 is 5.97 Å². The maximum absolute atomic E-state index is 10.9. The van der Waals surface area contributed by atoms with E-state index >= 15 is 0 Å². The topological polar surface area (TPSA) is 77.9 Å². The summed E-state index contributed by atoms with van der Waals surface area (Å²) in [5.41, 5.74) is 0.757. The summed E-state index contributed by atoms with van der Waals surface area (Å²) >= 11 is 0. The third-order valence-corrected chi connectivity index (χ3v) is 2.13. The van der Waals surface area contributed by atoms with Gasteiger partial charge in [0.15, 0.2) is 0 Å². The van der Waals surface area contributed by atoms with Gasteiger partial charge in [-0.25, -0.2) is 9.78 Å². The van der Waals surface area contributed by atoms with Crippen LogP contribution in [-0.4, -0.2) is 49.6 Å². The van der Waals surface area contributed by atoms with Gasteiger partial charge in [0.05, 0.1) is 19.8 Å². The number of carbonyl (C=O) groups is 1. The lowest BCUT2D eigenvalue weighted by molar-refractivity contribution is 0.0527. The molecule has 0 saturated heterocycles. The lowest BCUT2D eigenvalue weighted by atomic mass is 10.2. The largest absolute Gasteiger partial charge is 0.477 e. The smallest absolute Gasteiger partial charge is 0.341 e. The molecule has 0 saturated carbocycles. The molecule has 18 heavy (non-hydrogen) atoms. The predicted octanol–water partition coefficient (Wildman–Crippen LogP) is 1.13. The van der Waals surface area contributed by atoms with E-state index in [1.54, 1.807) is 20.1 Å². The number of aryl methyl sites for hydroxylation is 1. The van der Waals surface area contributed by atoms with Crippen molar-refractivity contribution >= 4 is 5.97 Å².